The Kier molecular flexibility index (Phi) is 12.0. The average molecular weight is 392 g/mol. The topological polar surface area (TPSA) is 3.24 Å². The summed E-state index contributed by atoms with van der Waals surface area (Å²) in [5.74, 6) is 0. The molecule has 0 bridgehead atoms. The third kappa shape index (κ3) is 9.35. The van der Waals surface area contributed by atoms with Crippen LogP contribution in [-0.2, 0) is 0 Å². The molecule has 1 nitrogen and oxygen atoms in total. The highest BCUT2D eigenvalue weighted by atomic mass is 15.1. The second-order valence-electron chi connectivity index (χ2n) is 8.21. The van der Waals surface area contributed by atoms with E-state index in [-0.39, 0.29) is 0 Å². The predicted molar refractivity (Wildman–Crippen MR) is 130 cm³/mol. The molecule has 2 aromatic rings. The van der Waals surface area contributed by atoms with Gasteiger partial charge in [-0.1, -0.05) is 121 Å². The first-order valence-electron chi connectivity index (χ1n) is 11.9. The summed E-state index contributed by atoms with van der Waals surface area (Å²) < 4.78 is 0. The van der Waals surface area contributed by atoms with E-state index >= 15 is 0 Å². The maximum absolute atomic E-state index is 4.42. The van der Waals surface area contributed by atoms with Crippen LogP contribution in [0.1, 0.15) is 90.4 Å². The van der Waals surface area contributed by atoms with Gasteiger partial charge in [0, 0.05) is 17.1 Å². The lowest BCUT2D eigenvalue weighted by Gasteiger charge is -2.27. The molecule has 0 spiro atoms. The van der Waals surface area contributed by atoms with Crippen molar-refractivity contribution in [3.05, 3.63) is 72.9 Å². The van der Waals surface area contributed by atoms with Crippen LogP contribution in [-0.4, -0.2) is 0 Å². The Balaban J connectivity index is 1.64. The third-order valence-electron chi connectivity index (χ3n) is 5.66. The van der Waals surface area contributed by atoms with Crippen LogP contribution >= 0.6 is 0 Å². The summed E-state index contributed by atoms with van der Waals surface area (Å²) in [6.07, 6.45) is 17.7. The summed E-state index contributed by atoms with van der Waals surface area (Å²) in [7, 11) is 0. The largest absolute Gasteiger partial charge is 0.315 e. The summed E-state index contributed by atoms with van der Waals surface area (Å²) in [6, 6.07) is 21.2. The number of allylic oxidation sites excluding steroid dienone is 1. The Morgan fingerprint density at radius 1 is 0.586 bits per heavy atom. The quantitative estimate of drug-likeness (QED) is 0.257. The summed E-state index contributed by atoms with van der Waals surface area (Å²) in [5.41, 5.74) is 3.58. The molecule has 0 atom stereocenters. The smallest absolute Gasteiger partial charge is 0.0458 e. The summed E-state index contributed by atoms with van der Waals surface area (Å²) in [5, 5.41) is 0. The molecule has 0 saturated heterocycles. The van der Waals surface area contributed by atoms with Crippen LogP contribution < -0.4 is 4.90 Å². The van der Waals surface area contributed by atoms with E-state index in [9.17, 15) is 0 Å². The van der Waals surface area contributed by atoms with Gasteiger partial charge in [0.15, 0.2) is 0 Å². The number of anilines is 2. The minimum absolute atomic E-state index is 1.06. The van der Waals surface area contributed by atoms with Gasteiger partial charge in [0.2, 0.25) is 0 Å². The molecule has 0 amide bonds. The van der Waals surface area contributed by atoms with Gasteiger partial charge in [-0.3, -0.25) is 0 Å². The van der Waals surface area contributed by atoms with Gasteiger partial charge in [-0.15, -0.1) is 0 Å². The van der Waals surface area contributed by atoms with E-state index in [4.69, 9.17) is 0 Å². The van der Waals surface area contributed by atoms with Crippen molar-refractivity contribution >= 4 is 11.4 Å². The fraction of sp³-hybridized carbons (Fsp3) is 0.500. The number of hydrogen-bond donors (Lipinski definition) is 0. The third-order valence-corrected chi connectivity index (χ3v) is 5.66. The Morgan fingerprint density at radius 2 is 0.966 bits per heavy atom. The molecule has 158 valence electrons. The van der Waals surface area contributed by atoms with E-state index in [1.165, 1.54) is 94.1 Å². The molecule has 0 heterocycles. The minimum atomic E-state index is 1.06. The van der Waals surface area contributed by atoms with Gasteiger partial charge in [0.1, 0.15) is 0 Å². The molecule has 0 unspecified atom stereocenters. The van der Waals surface area contributed by atoms with E-state index in [0.717, 1.165) is 6.42 Å². The number of para-hydroxylation sites is 2. The zero-order chi connectivity index (χ0) is 20.6. The van der Waals surface area contributed by atoms with E-state index in [1.54, 1.807) is 0 Å². The van der Waals surface area contributed by atoms with Crippen molar-refractivity contribution in [1.82, 2.24) is 0 Å². The van der Waals surface area contributed by atoms with Crippen molar-refractivity contribution in [2.24, 2.45) is 0 Å². The molecule has 0 fully saturated rings. The molecule has 0 saturated carbocycles. The van der Waals surface area contributed by atoms with Gasteiger partial charge in [-0.25, -0.2) is 0 Å². The highest BCUT2D eigenvalue weighted by Crippen LogP contribution is 2.30. The molecule has 0 aliphatic rings. The number of benzene rings is 2. The lowest BCUT2D eigenvalue weighted by molar-refractivity contribution is 0.543. The highest BCUT2D eigenvalue weighted by Gasteiger charge is 2.12. The fourth-order valence-electron chi connectivity index (χ4n) is 3.95. The zero-order valence-electron chi connectivity index (χ0n) is 18.6. The Bertz CT molecular complexity index is 607. The first-order valence-corrected chi connectivity index (χ1v) is 11.9. The number of rotatable bonds is 16. The molecular formula is C28H41N. The van der Waals surface area contributed by atoms with Gasteiger partial charge in [-0.05, 0) is 37.1 Å². The molecule has 2 aromatic carbocycles. The lowest BCUT2D eigenvalue weighted by Crippen LogP contribution is -2.15. The van der Waals surface area contributed by atoms with Crippen LogP contribution in [0.2, 0.25) is 0 Å². The minimum Gasteiger partial charge on any atom is -0.315 e. The standard InChI is InChI=1S/C28H41N/c1-3-4-5-6-7-8-9-10-11-12-13-16-21-26(2)29(27-22-17-14-18-23-27)28-24-19-15-20-25-28/h14-15,17-20,22-25H,2-13,16,21H2,1H3. The maximum Gasteiger partial charge on any atom is 0.0458 e. The van der Waals surface area contributed by atoms with Crippen molar-refractivity contribution < 1.29 is 0 Å². The highest BCUT2D eigenvalue weighted by molar-refractivity contribution is 5.67. The number of hydrogen-bond acceptors (Lipinski definition) is 1. The SMILES string of the molecule is C=C(CCCCCCCCCCCCCC)N(c1ccccc1)c1ccccc1. The van der Waals surface area contributed by atoms with Gasteiger partial charge >= 0.3 is 0 Å². The van der Waals surface area contributed by atoms with Crippen LogP contribution in [0.25, 0.3) is 0 Å². The molecule has 0 aliphatic carbocycles. The normalized spacial score (nSPS) is 10.8. The Hall–Kier alpha value is -2.02. The zero-order valence-corrected chi connectivity index (χ0v) is 18.6. The van der Waals surface area contributed by atoms with Gasteiger partial charge in [0.05, 0.1) is 0 Å². The van der Waals surface area contributed by atoms with Crippen molar-refractivity contribution in [2.75, 3.05) is 4.90 Å². The molecule has 0 aliphatic heterocycles. The second kappa shape index (κ2) is 14.9. The van der Waals surface area contributed by atoms with Gasteiger partial charge in [0.25, 0.3) is 0 Å². The molecule has 0 aromatic heterocycles. The molecule has 29 heavy (non-hydrogen) atoms. The summed E-state index contributed by atoms with van der Waals surface area (Å²) in [6.45, 7) is 6.71. The van der Waals surface area contributed by atoms with Gasteiger partial charge in [-0.2, -0.15) is 0 Å². The van der Waals surface area contributed by atoms with E-state index in [2.05, 4.69) is 79.1 Å². The van der Waals surface area contributed by atoms with Gasteiger partial charge < -0.3 is 4.90 Å². The van der Waals surface area contributed by atoms with Crippen molar-refractivity contribution in [2.45, 2.75) is 90.4 Å². The summed E-state index contributed by atoms with van der Waals surface area (Å²) >= 11 is 0. The van der Waals surface area contributed by atoms with Crippen molar-refractivity contribution in [3.8, 4) is 0 Å². The van der Waals surface area contributed by atoms with E-state index < -0.39 is 0 Å². The maximum atomic E-state index is 4.42. The lowest BCUT2D eigenvalue weighted by atomic mass is 10.0. The molecule has 0 radical (unpaired) electrons. The van der Waals surface area contributed by atoms with Crippen LogP contribution in [0.5, 0.6) is 0 Å². The van der Waals surface area contributed by atoms with E-state index in [0.29, 0.717) is 0 Å². The Labute approximate surface area is 179 Å². The molecule has 2 rings (SSSR count). The monoisotopic (exact) mass is 391 g/mol. The van der Waals surface area contributed by atoms with Crippen molar-refractivity contribution in [1.29, 1.82) is 0 Å². The first kappa shape index (κ1) is 23.3. The summed E-state index contributed by atoms with van der Waals surface area (Å²) in [4.78, 5) is 2.30. The fourth-order valence-corrected chi connectivity index (χ4v) is 3.95. The second-order valence-corrected chi connectivity index (χ2v) is 8.21. The van der Waals surface area contributed by atoms with Crippen LogP contribution in [0.15, 0.2) is 72.9 Å². The molecule has 0 N–H and O–H groups in total. The number of nitrogens with zero attached hydrogens (tertiary/aromatic N) is 1. The van der Waals surface area contributed by atoms with Crippen LogP contribution in [0.4, 0.5) is 11.4 Å². The predicted octanol–water partition coefficient (Wildman–Crippen LogP) is 9.43. The number of unbranched alkanes of at least 4 members (excludes halogenated alkanes) is 11. The molecule has 1 heteroatoms. The average Bonchev–Trinajstić information content (AvgIpc) is 2.76. The van der Waals surface area contributed by atoms with Crippen molar-refractivity contribution in [3.63, 3.8) is 0 Å². The molecular weight excluding hydrogens is 350 g/mol. The van der Waals surface area contributed by atoms with Crippen LogP contribution in [0, 0.1) is 0 Å². The van der Waals surface area contributed by atoms with E-state index in [1.807, 2.05) is 0 Å². The first-order chi connectivity index (χ1) is 14.3. The Morgan fingerprint density at radius 3 is 1.38 bits per heavy atom. The van der Waals surface area contributed by atoms with Crippen LogP contribution in [0.3, 0.4) is 0 Å².